The Morgan fingerprint density at radius 2 is 2.29 bits per heavy atom. The quantitative estimate of drug-likeness (QED) is 0.875. The van der Waals surface area contributed by atoms with E-state index < -0.39 is 0 Å². The molecule has 21 heavy (non-hydrogen) atoms. The number of nitrogens with zero attached hydrogens (tertiary/aromatic N) is 2. The second-order valence-corrected chi connectivity index (χ2v) is 5.80. The molecule has 114 valence electrons. The van der Waals surface area contributed by atoms with Gasteiger partial charge >= 0.3 is 0 Å². The van der Waals surface area contributed by atoms with Crippen LogP contribution in [0.2, 0.25) is 0 Å². The lowest BCUT2D eigenvalue weighted by Crippen LogP contribution is -2.43. The van der Waals surface area contributed by atoms with Gasteiger partial charge in [0, 0.05) is 24.7 Å². The smallest absolute Gasteiger partial charge is 0.127 e. The highest BCUT2D eigenvalue weighted by molar-refractivity contribution is 5.33. The summed E-state index contributed by atoms with van der Waals surface area (Å²) >= 11 is 0. The lowest BCUT2D eigenvalue weighted by molar-refractivity contribution is 0.215. The molecule has 0 bridgehead atoms. The molecule has 1 saturated heterocycles. The van der Waals surface area contributed by atoms with Gasteiger partial charge in [-0.2, -0.15) is 5.26 Å². The van der Waals surface area contributed by atoms with E-state index in [4.69, 9.17) is 5.26 Å². The fourth-order valence-corrected chi connectivity index (χ4v) is 2.95. The van der Waals surface area contributed by atoms with E-state index in [0.717, 1.165) is 26.1 Å². The maximum Gasteiger partial charge on any atom is 0.127 e. The highest BCUT2D eigenvalue weighted by Crippen LogP contribution is 2.15. The Hall–Kier alpha value is -1.44. The summed E-state index contributed by atoms with van der Waals surface area (Å²) in [5, 5.41) is 12.5. The highest BCUT2D eigenvalue weighted by Gasteiger charge is 2.17. The van der Waals surface area contributed by atoms with Crippen molar-refractivity contribution in [2.24, 2.45) is 0 Å². The van der Waals surface area contributed by atoms with E-state index in [1.165, 1.54) is 31.4 Å². The third kappa shape index (κ3) is 4.80. The van der Waals surface area contributed by atoms with E-state index in [1.54, 1.807) is 6.07 Å². The van der Waals surface area contributed by atoms with Crippen molar-refractivity contribution in [1.29, 1.82) is 5.26 Å². The second kappa shape index (κ2) is 8.11. The fraction of sp³-hybridized carbons (Fsp3) is 0.588. The van der Waals surface area contributed by atoms with E-state index in [9.17, 15) is 4.39 Å². The van der Waals surface area contributed by atoms with Crippen LogP contribution in [0, 0.1) is 17.1 Å². The van der Waals surface area contributed by atoms with Crippen LogP contribution in [0.15, 0.2) is 18.2 Å². The molecule has 1 aromatic rings. The average molecular weight is 289 g/mol. The zero-order chi connectivity index (χ0) is 15.1. The number of rotatable bonds is 6. The van der Waals surface area contributed by atoms with Crippen LogP contribution >= 0.6 is 0 Å². The first-order chi connectivity index (χ1) is 10.2. The van der Waals surface area contributed by atoms with Crippen molar-refractivity contribution in [1.82, 2.24) is 10.2 Å². The van der Waals surface area contributed by atoms with Gasteiger partial charge in [-0.05, 0) is 50.6 Å². The Labute approximate surface area is 126 Å². The molecule has 1 aromatic carbocycles. The molecule has 4 heteroatoms. The predicted molar refractivity (Wildman–Crippen MR) is 82.3 cm³/mol. The average Bonchev–Trinajstić information content (AvgIpc) is 2.51. The van der Waals surface area contributed by atoms with Crippen LogP contribution in [0.3, 0.4) is 0 Å². The first-order valence-corrected chi connectivity index (χ1v) is 7.87. The molecule has 1 heterocycles. The molecule has 0 spiro atoms. The third-order valence-corrected chi connectivity index (χ3v) is 4.00. The highest BCUT2D eigenvalue weighted by atomic mass is 19.1. The largest absolute Gasteiger partial charge is 0.313 e. The summed E-state index contributed by atoms with van der Waals surface area (Å²) in [7, 11) is 0. The molecule has 1 atom stereocenters. The maximum absolute atomic E-state index is 13.9. The van der Waals surface area contributed by atoms with Gasteiger partial charge in [0.05, 0.1) is 11.6 Å². The summed E-state index contributed by atoms with van der Waals surface area (Å²) in [6.07, 6.45) is 4.77. The second-order valence-electron chi connectivity index (χ2n) is 5.80. The number of hydrogen-bond donors (Lipinski definition) is 1. The predicted octanol–water partition coefficient (Wildman–Crippen LogP) is 3.05. The van der Waals surface area contributed by atoms with E-state index in [1.807, 2.05) is 0 Å². The van der Waals surface area contributed by atoms with E-state index >= 15 is 0 Å². The minimum atomic E-state index is -0.216. The van der Waals surface area contributed by atoms with Gasteiger partial charge in [0.1, 0.15) is 5.82 Å². The van der Waals surface area contributed by atoms with Crippen LogP contribution in [-0.4, -0.2) is 30.6 Å². The van der Waals surface area contributed by atoms with E-state index in [-0.39, 0.29) is 5.82 Å². The first-order valence-electron chi connectivity index (χ1n) is 7.87. The molecule has 0 amide bonds. The lowest BCUT2D eigenvalue weighted by atomic mass is 10.0. The monoisotopic (exact) mass is 289 g/mol. The summed E-state index contributed by atoms with van der Waals surface area (Å²) < 4.78 is 13.9. The molecule has 1 N–H and O–H groups in total. The normalized spacial score (nSPS) is 18.7. The molecule has 1 fully saturated rings. The topological polar surface area (TPSA) is 39.1 Å². The molecule has 1 unspecified atom stereocenters. The van der Waals surface area contributed by atoms with Gasteiger partial charge in [0.25, 0.3) is 0 Å². The Kier molecular flexibility index (Phi) is 6.16. The summed E-state index contributed by atoms with van der Waals surface area (Å²) in [5.74, 6) is -0.216. The minimum absolute atomic E-state index is 0.216. The Morgan fingerprint density at radius 1 is 1.43 bits per heavy atom. The number of halogens is 1. The summed E-state index contributed by atoms with van der Waals surface area (Å²) in [5.41, 5.74) is 1.15. The van der Waals surface area contributed by atoms with Gasteiger partial charge in [0.15, 0.2) is 0 Å². The molecule has 0 radical (unpaired) electrons. The van der Waals surface area contributed by atoms with E-state index in [2.05, 4.69) is 23.2 Å². The SMILES string of the molecule is CCCN(Cc1cc(C#N)ccc1F)CC1CCCCN1. The Morgan fingerprint density at radius 3 is 2.95 bits per heavy atom. The van der Waals surface area contributed by atoms with Crippen molar-refractivity contribution in [3.05, 3.63) is 35.1 Å². The Balaban J connectivity index is 2.03. The number of nitriles is 1. The van der Waals surface area contributed by atoms with Crippen molar-refractivity contribution >= 4 is 0 Å². The van der Waals surface area contributed by atoms with Crippen molar-refractivity contribution < 1.29 is 4.39 Å². The van der Waals surface area contributed by atoms with Crippen molar-refractivity contribution in [2.75, 3.05) is 19.6 Å². The van der Waals surface area contributed by atoms with Crippen molar-refractivity contribution in [3.8, 4) is 6.07 Å². The molecule has 1 aliphatic heterocycles. The third-order valence-electron chi connectivity index (χ3n) is 4.00. The van der Waals surface area contributed by atoms with Gasteiger partial charge in [-0.25, -0.2) is 4.39 Å². The lowest BCUT2D eigenvalue weighted by Gasteiger charge is -2.30. The molecule has 0 aromatic heterocycles. The molecule has 3 nitrogen and oxygen atoms in total. The minimum Gasteiger partial charge on any atom is -0.313 e. The number of piperidine rings is 1. The van der Waals surface area contributed by atoms with E-state index in [0.29, 0.717) is 23.7 Å². The van der Waals surface area contributed by atoms with Gasteiger partial charge < -0.3 is 5.32 Å². The summed E-state index contributed by atoms with van der Waals surface area (Å²) in [6.45, 7) is 5.71. The molecule has 0 saturated carbocycles. The van der Waals surface area contributed by atoms with Crippen LogP contribution in [0.25, 0.3) is 0 Å². The summed E-state index contributed by atoms with van der Waals surface area (Å²) in [6, 6.07) is 7.20. The van der Waals surface area contributed by atoms with Gasteiger partial charge in [-0.1, -0.05) is 13.3 Å². The zero-order valence-electron chi connectivity index (χ0n) is 12.7. The Bertz CT molecular complexity index is 489. The number of hydrogen-bond acceptors (Lipinski definition) is 3. The number of benzene rings is 1. The maximum atomic E-state index is 13.9. The van der Waals surface area contributed by atoms with Crippen LogP contribution in [-0.2, 0) is 6.54 Å². The molecular formula is C17H24FN3. The van der Waals surface area contributed by atoms with Gasteiger partial charge in [-0.3, -0.25) is 4.90 Å². The standard InChI is InChI=1S/C17H24FN3/c1-2-9-21(13-16-5-3-4-8-20-16)12-15-10-14(11-19)6-7-17(15)18/h6-7,10,16,20H,2-5,8-9,12-13H2,1H3. The zero-order valence-corrected chi connectivity index (χ0v) is 12.7. The molecule has 0 aliphatic carbocycles. The van der Waals surface area contributed by atoms with Crippen molar-refractivity contribution in [3.63, 3.8) is 0 Å². The molecule has 1 aliphatic rings. The van der Waals surface area contributed by atoms with Crippen LogP contribution < -0.4 is 5.32 Å². The molecular weight excluding hydrogens is 265 g/mol. The van der Waals surface area contributed by atoms with Crippen LogP contribution in [0.5, 0.6) is 0 Å². The first kappa shape index (κ1) is 15.9. The van der Waals surface area contributed by atoms with Crippen LogP contribution in [0.1, 0.15) is 43.7 Å². The van der Waals surface area contributed by atoms with Crippen molar-refractivity contribution in [2.45, 2.75) is 45.2 Å². The molecule has 2 rings (SSSR count). The fourth-order valence-electron chi connectivity index (χ4n) is 2.95. The summed E-state index contributed by atoms with van der Waals surface area (Å²) in [4.78, 5) is 2.29. The van der Waals surface area contributed by atoms with Crippen LogP contribution in [0.4, 0.5) is 4.39 Å². The number of nitrogens with one attached hydrogen (secondary N) is 1. The van der Waals surface area contributed by atoms with Gasteiger partial charge in [0.2, 0.25) is 0 Å². The van der Waals surface area contributed by atoms with Gasteiger partial charge in [-0.15, -0.1) is 0 Å².